The SMILES string of the molecule is COC(=O)Cc1cccc(CN(C)CCCN2CCC(Cn3c(OC)nc4c(N)ncnc43)CC2)c1. The molecule has 0 spiro atoms. The van der Waals surface area contributed by atoms with Crippen LogP contribution in [0.4, 0.5) is 5.82 Å². The molecule has 0 bridgehead atoms. The number of carbonyl (C=O) groups excluding carboxylic acids is 1. The summed E-state index contributed by atoms with van der Waals surface area (Å²) in [5.41, 5.74) is 9.52. The highest BCUT2D eigenvalue weighted by molar-refractivity contribution is 5.82. The average molecular weight is 496 g/mol. The zero-order valence-corrected chi connectivity index (χ0v) is 21.5. The molecule has 3 heterocycles. The molecule has 1 fully saturated rings. The van der Waals surface area contributed by atoms with E-state index in [2.05, 4.69) is 43.9 Å². The van der Waals surface area contributed by atoms with Crippen molar-refractivity contribution in [3.63, 3.8) is 0 Å². The smallest absolute Gasteiger partial charge is 0.309 e. The molecule has 10 nitrogen and oxygen atoms in total. The van der Waals surface area contributed by atoms with E-state index in [1.165, 1.54) is 19.0 Å². The molecule has 4 rings (SSSR count). The fourth-order valence-corrected chi connectivity index (χ4v) is 4.94. The maximum absolute atomic E-state index is 11.5. The average Bonchev–Trinajstić information content (AvgIpc) is 3.24. The number of likely N-dealkylation sites (tertiary alicyclic amines) is 1. The third kappa shape index (κ3) is 6.50. The van der Waals surface area contributed by atoms with Gasteiger partial charge in [-0.25, -0.2) is 9.97 Å². The molecule has 0 atom stereocenters. The number of nitrogen functional groups attached to an aromatic ring is 1. The summed E-state index contributed by atoms with van der Waals surface area (Å²) in [6, 6.07) is 8.73. The first-order valence-corrected chi connectivity index (χ1v) is 12.5. The number of nitrogens with zero attached hydrogens (tertiary/aromatic N) is 6. The number of carbonyl (C=O) groups is 1. The van der Waals surface area contributed by atoms with Gasteiger partial charge in [0.05, 0.1) is 20.6 Å². The van der Waals surface area contributed by atoms with Crippen LogP contribution in [0.2, 0.25) is 0 Å². The molecule has 36 heavy (non-hydrogen) atoms. The van der Waals surface area contributed by atoms with E-state index in [1.807, 2.05) is 16.7 Å². The van der Waals surface area contributed by atoms with Crippen LogP contribution >= 0.6 is 0 Å². The summed E-state index contributed by atoms with van der Waals surface area (Å²) in [5, 5.41) is 0. The monoisotopic (exact) mass is 495 g/mol. The van der Waals surface area contributed by atoms with Crippen molar-refractivity contribution in [2.75, 3.05) is 53.2 Å². The van der Waals surface area contributed by atoms with Gasteiger partial charge >= 0.3 is 5.97 Å². The van der Waals surface area contributed by atoms with Crippen LogP contribution in [0.15, 0.2) is 30.6 Å². The van der Waals surface area contributed by atoms with Crippen molar-refractivity contribution >= 4 is 23.0 Å². The van der Waals surface area contributed by atoms with Gasteiger partial charge in [0, 0.05) is 13.1 Å². The summed E-state index contributed by atoms with van der Waals surface area (Å²) in [7, 11) is 5.20. The van der Waals surface area contributed by atoms with Crippen LogP contribution < -0.4 is 10.5 Å². The van der Waals surface area contributed by atoms with Crippen LogP contribution in [-0.2, 0) is 29.0 Å². The third-order valence-corrected chi connectivity index (χ3v) is 6.89. The van der Waals surface area contributed by atoms with Gasteiger partial charge in [0.1, 0.15) is 6.33 Å². The van der Waals surface area contributed by atoms with Gasteiger partial charge in [-0.3, -0.25) is 9.36 Å². The Kier molecular flexibility index (Phi) is 8.71. The molecule has 0 aliphatic carbocycles. The Balaban J connectivity index is 1.20. The van der Waals surface area contributed by atoms with Crippen molar-refractivity contribution in [3.05, 3.63) is 41.7 Å². The highest BCUT2D eigenvalue weighted by Crippen LogP contribution is 2.27. The Morgan fingerprint density at radius 2 is 1.97 bits per heavy atom. The van der Waals surface area contributed by atoms with Gasteiger partial charge in [-0.1, -0.05) is 24.3 Å². The summed E-state index contributed by atoms with van der Waals surface area (Å²) in [5.74, 6) is 0.717. The largest absolute Gasteiger partial charge is 0.469 e. The minimum Gasteiger partial charge on any atom is -0.469 e. The predicted octanol–water partition coefficient (Wildman–Crippen LogP) is 2.37. The van der Waals surface area contributed by atoms with E-state index in [0.29, 0.717) is 29.7 Å². The lowest BCUT2D eigenvalue weighted by Gasteiger charge is -2.32. The molecule has 1 saturated heterocycles. The van der Waals surface area contributed by atoms with E-state index in [0.717, 1.165) is 69.7 Å². The number of imidazole rings is 1. The lowest BCUT2D eigenvalue weighted by Crippen LogP contribution is -2.36. The van der Waals surface area contributed by atoms with E-state index in [1.54, 1.807) is 7.11 Å². The van der Waals surface area contributed by atoms with E-state index in [-0.39, 0.29) is 5.97 Å². The Morgan fingerprint density at radius 3 is 2.72 bits per heavy atom. The second-order valence-corrected chi connectivity index (χ2v) is 9.59. The number of aromatic nitrogens is 4. The van der Waals surface area contributed by atoms with Crippen molar-refractivity contribution in [1.29, 1.82) is 0 Å². The molecule has 0 unspecified atom stereocenters. The second-order valence-electron chi connectivity index (χ2n) is 9.59. The van der Waals surface area contributed by atoms with Crippen molar-refractivity contribution in [2.24, 2.45) is 5.92 Å². The number of piperidine rings is 1. The molecular formula is C26H37N7O3. The summed E-state index contributed by atoms with van der Waals surface area (Å²) < 4.78 is 12.3. The quantitative estimate of drug-likeness (QED) is 0.401. The number of rotatable bonds is 11. The van der Waals surface area contributed by atoms with E-state index >= 15 is 0 Å². The molecule has 1 aliphatic heterocycles. The van der Waals surface area contributed by atoms with Crippen LogP contribution in [-0.4, -0.2) is 82.7 Å². The fraction of sp³-hybridized carbons (Fsp3) is 0.538. The lowest BCUT2D eigenvalue weighted by atomic mass is 9.96. The molecule has 1 aromatic carbocycles. The fourth-order valence-electron chi connectivity index (χ4n) is 4.94. The number of ether oxygens (including phenoxy) is 2. The van der Waals surface area contributed by atoms with Gasteiger partial charge in [0.25, 0.3) is 6.01 Å². The van der Waals surface area contributed by atoms with Gasteiger partial charge in [0.15, 0.2) is 17.0 Å². The maximum atomic E-state index is 11.5. The van der Waals surface area contributed by atoms with Gasteiger partial charge in [0.2, 0.25) is 0 Å². The Labute approximate surface area is 212 Å². The molecule has 3 aromatic rings. The summed E-state index contributed by atoms with van der Waals surface area (Å²) in [4.78, 5) is 29.4. The van der Waals surface area contributed by atoms with Gasteiger partial charge in [-0.15, -0.1) is 0 Å². The van der Waals surface area contributed by atoms with E-state index in [9.17, 15) is 4.79 Å². The van der Waals surface area contributed by atoms with E-state index < -0.39 is 0 Å². The standard InChI is InChI=1S/C26H37N7O3/c1-31(16-21-7-4-6-20(14-21)15-22(34)35-2)10-5-11-32-12-8-19(9-13-32)17-33-25-23(30-26(33)36-3)24(27)28-18-29-25/h4,6-7,14,18-19H,5,8-13,15-17H2,1-3H3,(H2,27,28,29). The number of fused-ring (bicyclic) bond motifs is 1. The highest BCUT2D eigenvalue weighted by atomic mass is 16.5. The Morgan fingerprint density at radius 1 is 1.19 bits per heavy atom. The Bertz CT molecular complexity index is 1160. The molecule has 2 N–H and O–H groups in total. The minimum absolute atomic E-state index is 0.208. The van der Waals surface area contributed by atoms with Crippen molar-refractivity contribution in [1.82, 2.24) is 29.3 Å². The molecular weight excluding hydrogens is 458 g/mol. The first-order chi connectivity index (χ1) is 17.5. The van der Waals surface area contributed by atoms with Gasteiger partial charge in [-0.2, -0.15) is 4.98 Å². The molecule has 2 aromatic heterocycles. The summed E-state index contributed by atoms with van der Waals surface area (Å²) in [6.45, 7) is 6.00. The van der Waals surface area contributed by atoms with E-state index in [4.69, 9.17) is 15.2 Å². The maximum Gasteiger partial charge on any atom is 0.309 e. The van der Waals surface area contributed by atoms with Crippen LogP contribution in [0, 0.1) is 5.92 Å². The number of benzene rings is 1. The number of anilines is 1. The normalized spacial score (nSPS) is 15.0. The molecule has 0 radical (unpaired) electrons. The summed E-state index contributed by atoms with van der Waals surface area (Å²) >= 11 is 0. The molecule has 1 aliphatic rings. The number of nitrogens with two attached hydrogens (primary N) is 1. The van der Waals surface area contributed by atoms with Gasteiger partial charge in [-0.05, 0) is 69.5 Å². The van der Waals surface area contributed by atoms with Crippen molar-refractivity contribution < 1.29 is 14.3 Å². The number of methoxy groups -OCH3 is 2. The number of esters is 1. The second kappa shape index (κ2) is 12.1. The highest BCUT2D eigenvalue weighted by Gasteiger charge is 2.23. The number of hydrogen-bond donors (Lipinski definition) is 1. The van der Waals surface area contributed by atoms with Crippen LogP contribution in [0.1, 0.15) is 30.4 Å². The topological polar surface area (TPSA) is 112 Å². The Hall–Kier alpha value is -3.24. The van der Waals surface area contributed by atoms with Crippen LogP contribution in [0.3, 0.4) is 0 Å². The first-order valence-electron chi connectivity index (χ1n) is 12.5. The minimum atomic E-state index is -0.208. The molecule has 10 heteroatoms. The first kappa shape index (κ1) is 25.8. The van der Waals surface area contributed by atoms with Gasteiger partial charge < -0.3 is 25.0 Å². The van der Waals surface area contributed by atoms with Crippen LogP contribution in [0.25, 0.3) is 11.2 Å². The third-order valence-electron chi connectivity index (χ3n) is 6.89. The zero-order chi connectivity index (χ0) is 25.5. The summed E-state index contributed by atoms with van der Waals surface area (Å²) in [6.07, 6.45) is 5.18. The van der Waals surface area contributed by atoms with Crippen LogP contribution in [0.5, 0.6) is 6.01 Å². The predicted molar refractivity (Wildman–Crippen MR) is 139 cm³/mol. The molecule has 194 valence electrons. The molecule has 0 amide bonds. The lowest BCUT2D eigenvalue weighted by molar-refractivity contribution is -0.139. The van der Waals surface area contributed by atoms with Crippen molar-refractivity contribution in [2.45, 2.75) is 38.8 Å². The molecule has 0 saturated carbocycles. The number of hydrogen-bond acceptors (Lipinski definition) is 9. The van der Waals surface area contributed by atoms with Crippen molar-refractivity contribution in [3.8, 4) is 6.01 Å². The zero-order valence-electron chi connectivity index (χ0n) is 21.5.